The molecule has 0 saturated heterocycles. The van der Waals surface area contributed by atoms with Gasteiger partial charge in [0.05, 0.1) is 6.04 Å². The number of rotatable bonds is 6. The molecule has 0 aliphatic heterocycles. The largest absolute Gasteiger partial charge is 0.326 e. The molecule has 0 amide bonds. The van der Waals surface area contributed by atoms with Crippen LogP contribution in [0.15, 0.2) is 17.5 Å². The number of nitrogens with zero attached hydrogens (tertiary/aromatic N) is 1. The molecular formula is C13H24N2S. The summed E-state index contributed by atoms with van der Waals surface area (Å²) >= 11 is 1.80. The molecule has 3 heteroatoms. The third kappa shape index (κ3) is 3.06. The molecule has 1 heterocycles. The second-order valence-electron chi connectivity index (χ2n) is 4.46. The molecule has 0 fully saturated rings. The Morgan fingerprint density at radius 1 is 1.38 bits per heavy atom. The van der Waals surface area contributed by atoms with E-state index >= 15 is 0 Å². The Kier molecular flexibility index (Phi) is 5.46. The molecule has 0 aliphatic rings. The van der Waals surface area contributed by atoms with Crippen molar-refractivity contribution in [2.75, 3.05) is 7.05 Å². The van der Waals surface area contributed by atoms with Crippen molar-refractivity contribution in [3.05, 3.63) is 22.4 Å². The van der Waals surface area contributed by atoms with Crippen molar-refractivity contribution in [3.8, 4) is 0 Å². The second-order valence-corrected chi connectivity index (χ2v) is 5.43. The van der Waals surface area contributed by atoms with Crippen LogP contribution in [-0.2, 0) is 0 Å². The Hall–Kier alpha value is -0.380. The van der Waals surface area contributed by atoms with Crippen LogP contribution in [0.4, 0.5) is 0 Å². The highest BCUT2D eigenvalue weighted by atomic mass is 32.1. The van der Waals surface area contributed by atoms with E-state index in [-0.39, 0.29) is 6.04 Å². The molecular weight excluding hydrogens is 216 g/mol. The SMILES string of the molecule is CCC(CC)N(C)C(c1cccs1)C(C)N. The van der Waals surface area contributed by atoms with Crippen molar-refractivity contribution in [1.29, 1.82) is 0 Å². The first kappa shape index (κ1) is 13.7. The number of hydrogen-bond acceptors (Lipinski definition) is 3. The fourth-order valence-corrected chi connectivity index (χ4v) is 3.37. The normalized spacial score (nSPS) is 15.7. The minimum Gasteiger partial charge on any atom is -0.326 e. The first-order chi connectivity index (χ1) is 7.61. The van der Waals surface area contributed by atoms with Crippen LogP contribution in [0.1, 0.15) is 44.5 Å². The van der Waals surface area contributed by atoms with E-state index in [9.17, 15) is 0 Å². The van der Waals surface area contributed by atoms with E-state index in [0.717, 1.165) is 0 Å². The molecule has 2 N–H and O–H groups in total. The summed E-state index contributed by atoms with van der Waals surface area (Å²) in [5.74, 6) is 0. The summed E-state index contributed by atoms with van der Waals surface area (Å²) in [6.07, 6.45) is 2.36. The van der Waals surface area contributed by atoms with E-state index in [1.54, 1.807) is 11.3 Å². The molecule has 0 spiro atoms. The van der Waals surface area contributed by atoms with Gasteiger partial charge in [0.25, 0.3) is 0 Å². The van der Waals surface area contributed by atoms with Crippen molar-refractivity contribution in [3.63, 3.8) is 0 Å². The zero-order valence-electron chi connectivity index (χ0n) is 10.8. The molecule has 1 aromatic rings. The van der Waals surface area contributed by atoms with Gasteiger partial charge in [0.15, 0.2) is 0 Å². The summed E-state index contributed by atoms with van der Waals surface area (Å²) in [6, 6.07) is 5.44. The lowest BCUT2D eigenvalue weighted by Crippen LogP contribution is -2.42. The standard InChI is InChI=1S/C13H24N2S/c1-5-11(6-2)15(4)13(10(3)14)12-8-7-9-16-12/h7-11,13H,5-6,14H2,1-4H3. The second kappa shape index (κ2) is 6.38. The third-order valence-corrected chi connectivity index (χ3v) is 4.23. The van der Waals surface area contributed by atoms with Gasteiger partial charge < -0.3 is 5.73 Å². The highest BCUT2D eigenvalue weighted by Gasteiger charge is 2.25. The third-order valence-electron chi connectivity index (χ3n) is 3.29. The Morgan fingerprint density at radius 2 is 2.00 bits per heavy atom. The van der Waals surface area contributed by atoms with Crippen molar-refractivity contribution >= 4 is 11.3 Å². The minimum atomic E-state index is 0.171. The predicted octanol–water partition coefficient (Wildman–Crippen LogP) is 3.26. The summed E-state index contributed by atoms with van der Waals surface area (Å²) in [6.45, 7) is 6.60. The molecule has 1 aromatic heterocycles. The van der Waals surface area contributed by atoms with Crippen LogP contribution >= 0.6 is 11.3 Å². The summed E-state index contributed by atoms with van der Waals surface area (Å²) in [7, 11) is 2.20. The molecule has 0 radical (unpaired) electrons. The number of nitrogens with two attached hydrogens (primary N) is 1. The van der Waals surface area contributed by atoms with Crippen molar-refractivity contribution in [1.82, 2.24) is 4.90 Å². The smallest absolute Gasteiger partial charge is 0.0590 e. The molecule has 2 nitrogen and oxygen atoms in total. The summed E-state index contributed by atoms with van der Waals surface area (Å²) in [5, 5.41) is 2.13. The fourth-order valence-electron chi connectivity index (χ4n) is 2.38. The van der Waals surface area contributed by atoms with Crippen LogP contribution in [0.25, 0.3) is 0 Å². The Morgan fingerprint density at radius 3 is 2.38 bits per heavy atom. The van der Waals surface area contributed by atoms with Gasteiger partial charge >= 0.3 is 0 Å². The molecule has 2 unspecified atom stereocenters. The van der Waals surface area contributed by atoms with E-state index in [1.807, 2.05) is 0 Å². The van der Waals surface area contributed by atoms with E-state index in [2.05, 4.69) is 50.2 Å². The lowest BCUT2D eigenvalue weighted by atomic mass is 10.0. The zero-order chi connectivity index (χ0) is 12.1. The maximum absolute atomic E-state index is 6.14. The number of likely N-dealkylation sites (N-methyl/N-ethyl adjacent to an activating group) is 1. The maximum Gasteiger partial charge on any atom is 0.0590 e. The van der Waals surface area contributed by atoms with Crippen LogP contribution in [-0.4, -0.2) is 24.0 Å². The summed E-state index contributed by atoms with van der Waals surface area (Å²) in [5.41, 5.74) is 6.14. The van der Waals surface area contributed by atoms with Gasteiger partial charge in [-0.3, -0.25) is 4.90 Å². The molecule has 16 heavy (non-hydrogen) atoms. The highest BCUT2D eigenvalue weighted by molar-refractivity contribution is 7.10. The average Bonchev–Trinajstić information content (AvgIpc) is 2.72. The molecule has 0 aliphatic carbocycles. The van der Waals surface area contributed by atoms with Gasteiger partial charge in [-0.2, -0.15) is 0 Å². The number of hydrogen-bond donors (Lipinski definition) is 1. The molecule has 0 saturated carbocycles. The lowest BCUT2D eigenvalue weighted by molar-refractivity contribution is 0.149. The minimum absolute atomic E-state index is 0.171. The first-order valence-corrected chi connectivity index (χ1v) is 7.00. The summed E-state index contributed by atoms with van der Waals surface area (Å²) in [4.78, 5) is 3.82. The van der Waals surface area contributed by atoms with Crippen molar-refractivity contribution in [2.24, 2.45) is 5.73 Å². The van der Waals surface area contributed by atoms with E-state index in [0.29, 0.717) is 12.1 Å². The molecule has 0 aromatic carbocycles. The molecule has 0 bridgehead atoms. The Labute approximate surface area is 103 Å². The molecule has 1 rings (SSSR count). The van der Waals surface area contributed by atoms with Gasteiger partial charge in [-0.25, -0.2) is 0 Å². The van der Waals surface area contributed by atoms with Gasteiger partial charge in [0, 0.05) is 17.0 Å². The van der Waals surface area contributed by atoms with Crippen LogP contribution in [0.3, 0.4) is 0 Å². The van der Waals surface area contributed by atoms with E-state index < -0.39 is 0 Å². The van der Waals surface area contributed by atoms with E-state index in [4.69, 9.17) is 5.73 Å². The van der Waals surface area contributed by atoms with Crippen LogP contribution in [0.5, 0.6) is 0 Å². The quantitative estimate of drug-likeness (QED) is 0.827. The predicted molar refractivity (Wildman–Crippen MR) is 72.8 cm³/mol. The van der Waals surface area contributed by atoms with Gasteiger partial charge in [-0.05, 0) is 38.3 Å². The van der Waals surface area contributed by atoms with Gasteiger partial charge in [-0.15, -0.1) is 11.3 Å². The maximum atomic E-state index is 6.14. The lowest BCUT2D eigenvalue weighted by Gasteiger charge is -2.36. The highest BCUT2D eigenvalue weighted by Crippen LogP contribution is 2.29. The van der Waals surface area contributed by atoms with Gasteiger partial charge in [0.1, 0.15) is 0 Å². The van der Waals surface area contributed by atoms with Crippen LogP contribution < -0.4 is 5.73 Å². The van der Waals surface area contributed by atoms with Crippen LogP contribution in [0, 0.1) is 0 Å². The fraction of sp³-hybridized carbons (Fsp3) is 0.692. The molecule has 2 atom stereocenters. The van der Waals surface area contributed by atoms with Gasteiger partial charge in [-0.1, -0.05) is 19.9 Å². The zero-order valence-corrected chi connectivity index (χ0v) is 11.6. The first-order valence-electron chi connectivity index (χ1n) is 6.12. The average molecular weight is 240 g/mol. The Bertz CT molecular complexity index is 278. The van der Waals surface area contributed by atoms with Crippen LogP contribution in [0.2, 0.25) is 0 Å². The van der Waals surface area contributed by atoms with Gasteiger partial charge in [0.2, 0.25) is 0 Å². The van der Waals surface area contributed by atoms with Crippen molar-refractivity contribution in [2.45, 2.75) is 51.7 Å². The van der Waals surface area contributed by atoms with E-state index in [1.165, 1.54) is 17.7 Å². The topological polar surface area (TPSA) is 29.3 Å². The summed E-state index contributed by atoms with van der Waals surface area (Å²) < 4.78 is 0. The van der Waals surface area contributed by atoms with Crippen molar-refractivity contribution < 1.29 is 0 Å². The number of thiophene rings is 1. The molecule has 92 valence electrons. The Balaban J connectivity index is 2.86. The monoisotopic (exact) mass is 240 g/mol.